The lowest BCUT2D eigenvalue weighted by molar-refractivity contribution is 0.0891. The van der Waals surface area contributed by atoms with E-state index in [1.54, 1.807) is 13.0 Å². The van der Waals surface area contributed by atoms with E-state index in [0.717, 1.165) is 0 Å². The lowest BCUT2D eigenvalue weighted by atomic mass is 9.90. The summed E-state index contributed by atoms with van der Waals surface area (Å²) in [6.07, 6.45) is 10.6. The van der Waals surface area contributed by atoms with Gasteiger partial charge in [-0.1, -0.05) is 89.8 Å². The highest BCUT2D eigenvalue weighted by Gasteiger charge is 2.26. The number of ether oxygens (including phenoxy) is 1. The molecule has 39 heavy (non-hydrogen) atoms. The number of carbonyl (C=O) groups is 2. The molecule has 0 fully saturated rings. The number of amides is 1. The number of ketones is 1. The van der Waals surface area contributed by atoms with Gasteiger partial charge in [0.05, 0.1) is 7.11 Å². The monoisotopic (exact) mass is 541 g/mol. The fourth-order valence-electron chi connectivity index (χ4n) is 3.88. The molecule has 0 spiro atoms. The van der Waals surface area contributed by atoms with Crippen LogP contribution in [0.25, 0.3) is 0 Å². The highest BCUT2D eigenvalue weighted by atomic mass is 16.5. The first-order valence-corrected chi connectivity index (χ1v) is 14.0. The number of hydrogen-bond donors (Lipinski definition) is 2. The summed E-state index contributed by atoms with van der Waals surface area (Å²) in [5.41, 5.74) is 1.78. The van der Waals surface area contributed by atoms with E-state index in [4.69, 9.17) is 4.42 Å². The lowest BCUT2D eigenvalue weighted by Gasteiger charge is -2.15. The Hall–Kier alpha value is -3.35. The van der Waals surface area contributed by atoms with E-state index < -0.39 is 17.5 Å². The molecule has 2 atom stereocenters. The highest BCUT2D eigenvalue weighted by molar-refractivity contribution is 5.99. The molecule has 0 saturated carbocycles. The zero-order valence-electron chi connectivity index (χ0n) is 24.7. The van der Waals surface area contributed by atoms with Crippen molar-refractivity contribution in [1.29, 1.82) is 0 Å². The van der Waals surface area contributed by atoms with E-state index in [1.165, 1.54) is 62.6 Å². The summed E-state index contributed by atoms with van der Waals surface area (Å²) in [7, 11) is 1.27. The minimum Gasteiger partial charge on any atom is -0.507 e. The van der Waals surface area contributed by atoms with Gasteiger partial charge < -0.3 is 14.3 Å². The van der Waals surface area contributed by atoms with Crippen LogP contribution in [-0.2, 0) is 11.2 Å². The Balaban J connectivity index is 0.000000487. The molecule has 0 saturated heterocycles. The summed E-state index contributed by atoms with van der Waals surface area (Å²) in [5, 5.41) is 12.6. The molecule has 0 aliphatic carbocycles. The van der Waals surface area contributed by atoms with Gasteiger partial charge >= 0.3 is 11.7 Å². The second-order valence-electron chi connectivity index (χ2n) is 10.4. The molecule has 0 aliphatic rings. The molecule has 1 amide bonds. The number of methoxy groups -OCH3 is 1. The minimum absolute atomic E-state index is 0.0466. The van der Waals surface area contributed by atoms with E-state index in [1.807, 2.05) is 20.8 Å². The Kier molecular flexibility index (Phi) is 15.6. The zero-order valence-corrected chi connectivity index (χ0v) is 24.7. The average Bonchev–Trinajstić information content (AvgIpc) is 2.90. The van der Waals surface area contributed by atoms with E-state index in [2.05, 4.69) is 48.2 Å². The number of rotatable bonds is 13. The summed E-state index contributed by atoms with van der Waals surface area (Å²) in [5.74, 6) is -0.936. The third kappa shape index (κ3) is 12.4. The first kappa shape index (κ1) is 33.7. The van der Waals surface area contributed by atoms with Crippen molar-refractivity contribution in [3.8, 4) is 5.75 Å². The normalized spacial score (nSPS) is 12.5. The lowest BCUT2D eigenvalue weighted by Crippen LogP contribution is -2.24. The molecule has 2 aromatic rings. The molecule has 1 aromatic heterocycles. The molecule has 1 aromatic carbocycles. The van der Waals surface area contributed by atoms with Crippen LogP contribution in [0.3, 0.4) is 0 Å². The zero-order chi connectivity index (χ0) is 29.4. The SMILES string of the molecule is CCCCCCc1cccc(C)c1.COC(=O)N/C=C/CCC(C)c1cc(O)c(C(=O)C(C)C(C)C)c(=O)o1. The quantitative estimate of drug-likeness (QED) is 0.199. The molecule has 0 aliphatic heterocycles. The van der Waals surface area contributed by atoms with Crippen LogP contribution in [0.4, 0.5) is 4.79 Å². The maximum Gasteiger partial charge on any atom is 0.410 e. The van der Waals surface area contributed by atoms with Gasteiger partial charge in [-0.2, -0.15) is 0 Å². The Morgan fingerprint density at radius 1 is 1.10 bits per heavy atom. The fraction of sp³-hybridized carbons (Fsp3) is 0.531. The number of benzene rings is 1. The van der Waals surface area contributed by atoms with Crippen LogP contribution in [0.15, 0.2) is 51.8 Å². The smallest absolute Gasteiger partial charge is 0.410 e. The number of alkyl carbamates (subject to hydrolysis) is 1. The van der Waals surface area contributed by atoms with Crippen LogP contribution < -0.4 is 10.9 Å². The predicted molar refractivity (Wildman–Crippen MR) is 156 cm³/mol. The number of carbonyl (C=O) groups excluding carboxylic acids is 2. The van der Waals surface area contributed by atoms with Gasteiger partial charge in [-0.3, -0.25) is 10.1 Å². The van der Waals surface area contributed by atoms with Crippen molar-refractivity contribution in [2.45, 2.75) is 92.4 Å². The van der Waals surface area contributed by atoms with Gasteiger partial charge in [0.2, 0.25) is 0 Å². The highest BCUT2D eigenvalue weighted by Crippen LogP contribution is 2.27. The molecule has 2 rings (SSSR count). The van der Waals surface area contributed by atoms with E-state index >= 15 is 0 Å². The van der Waals surface area contributed by atoms with Crippen LogP contribution in [-0.4, -0.2) is 24.1 Å². The van der Waals surface area contributed by atoms with Crippen LogP contribution >= 0.6 is 0 Å². The van der Waals surface area contributed by atoms with Gasteiger partial charge in [-0.15, -0.1) is 0 Å². The maximum atomic E-state index is 12.4. The van der Waals surface area contributed by atoms with Gasteiger partial charge in [-0.25, -0.2) is 9.59 Å². The topological polar surface area (TPSA) is 106 Å². The van der Waals surface area contributed by atoms with E-state index in [-0.39, 0.29) is 29.1 Å². The van der Waals surface area contributed by atoms with E-state index in [9.17, 15) is 19.5 Å². The van der Waals surface area contributed by atoms with Crippen molar-refractivity contribution < 1.29 is 23.8 Å². The summed E-state index contributed by atoms with van der Waals surface area (Å²) >= 11 is 0. The number of nitrogens with one attached hydrogen (secondary N) is 1. The molecule has 0 radical (unpaired) electrons. The van der Waals surface area contributed by atoms with Crippen molar-refractivity contribution in [1.82, 2.24) is 5.32 Å². The largest absolute Gasteiger partial charge is 0.507 e. The average molecular weight is 542 g/mol. The first-order valence-electron chi connectivity index (χ1n) is 14.0. The van der Waals surface area contributed by atoms with Crippen LogP contribution in [0.5, 0.6) is 5.75 Å². The van der Waals surface area contributed by atoms with Gasteiger partial charge in [0.15, 0.2) is 5.78 Å². The predicted octanol–water partition coefficient (Wildman–Crippen LogP) is 7.69. The third-order valence-electron chi connectivity index (χ3n) is 6.77. The number of aromatic hydroxyl groups is 1. The minimum atomic E-state index is -0.813. The molecular weight excluding hydrogens is 494 g/mol. The first-order chi connectivity index (χ1) is 18.5. The number of Topliss-reactive ketones (excluding diaryl/α,β-unsaturated/α-hetero) is 1. The number of unbranched alkanes of at least 4 members (excludes halogenated alkanes) is 3. The number of aryl methyl sites for hydroxylation is 2. The molecule has 7 heteroatoms. The molecule has 216 valence electrons. The standard InChI is InChI=1S/C19H27NO6.C13H20/c1-11(2)13(4)17(22)16-14(21)10-15(26-18(16)23)12(3)8-6-7-9-20-19(24)25-5;1-3-4-5-6-9-13-10-7-8-12(2)11-13/h7,9-13,21H,6,8H2,1-5H3,(H,20,24);7-8,10-11H,3-6,9H2,1-2H3/b9-7+;. The van der Waals surface area contributed by atoms with Crippen molar-refractivity contribution in [3.05, 3.63) is 75.5 Å². The van der Waals surface area contributed by atoms with Gasteiger partial charge in [0.25, 0.3) is 0 Å². The molecule has 2 unspecified atom stereocenters. The maximum absolute atomic E-state index is 12.4. The van der Waals surface area contributed by atoms with Crippen molar-refractivity contribution in [3.63, 3.8) is 0 Å². The second kappa shape index (κ2) is 18.0. The molecular formula is C32H47NO6. The summed E-state index contributed by atoms with van der Waals surface area (Å²) in [4.78, 5) is 35.4. The van der Waals surface area contributed by atoms with Crippen LogP contribution in [0, 0.1) is 18.8 Å². The number of allylic oxidation sites excluding steroid dienone is 1. The van der Waals surface area contributed by atoms with Gasteiger partial charge in [0.1, 0.15) is 17.1 Å². The second-order valence-corrected chi connectivity index (χ2v) is 10.4. The number of hydrogen-bond acceptors (Lipinski definition) is 6. The molecule has 0 bridgehead atoms. The Morgan fingerprint density at radius 2 is 1.82 bits per heavy atom. The van der Waals surface area contributed by atoms with Gasteiger partial charge in [0, 0.05) is 24.1 Å². The van der Waals surface area contributed by atoms with Crippen molar-refractivity contribution >= 4 is 11.9 Å². The Morgan fingerprint density at radius 3 is 2.41 bits per heavy atom. The van der Waals surface area contributed by atoms with Crippen LogP contribution in [0.2, 0.25) is 0 Å². The molecule has 1 heterocycles. The third-order valence-corrected chi connectivity index (χ3v) is 6.77. The summed E-state index contributed by atoms with van der Waals surface area (Å²) in [6, 6.07) is 10.2. The summed E-state index contributed by atoms with van der Waals surface area (Å²) < 4.78 is 9.69. The molecule has 2 N–H and O–H groups in total. The van der Waals surface area contributed by atoms with Crippen LogP contribution in [0.1, 0.15) is 106 Å². The summed E-state index contributed by atoms with van der Waals surface area (Å²) in [6.45, 7) is 11.7. The Bertz CT molecular complexity index is 1120. The van der Waals surface area contributed by atoms with E-state index in [0.29, 0.717) is 18.6 Å². The molecule has 7 nitrogen and oxygen atoms in total. The van der Waals surface area contributed by atoms with Crippen molar-refractivity contribution in [2.24, 2.45) is 11.8 Å². The van der Waals surface area contributed by atoms with Gasteiger partial charge in [-0.05, 0) is 44.1 Å². The Labute approximate surface area is 233 Å². The fourth-order valence-corrected chi connectivity index (χ4v) is 3.88. The van der Waals surface area contributed by atoms with Crippen molar-refractivity contribution in [2.75, 3.05) is 7.11 Å².